The second-order valence-corrected chi connectivity index (χ2v) is 7.60. The fourth-order valence-electron chi connectivity index (χ4n) is 4.14. The molecule has 2 aliphatic heterocycles. The van der Waals surface area contributed by atoms with Gasteiger partial charge in [-0.3, -0.25) is 14.9 Å². The second-order valence-electron chi connectivity index (χ2n) is 6.78. The van der Waals surface area contributed by atoms with Crippen molar-refractivity contribution in [3.63, 3.8) is 0 Å². The van der Waals surface area contributed by atoms with E-state index in [9.17, 15) is 9.59 Å². The summed E-state index contributed by atoms with van der Waals surface area (Å²) in [6.45, 7) is 0.887. The van der Waals surface area contributed by atoms with Gasteiger partial charge in [-0.25, -0.2) is 0 Å². The van der Waals surface area contributed by atoms with Crippen LogP contribution in [0.1, 0.15) is 23.1 Å². The average molecular weight is 397 g/mol. The third-order valence-corrected chi connectivity index (χ3v) is 5.87. The van der Waals surface area contributed by atoms with Gasteiger partial charge in [0.15, 0.2) is 0 Å². The van der Waals surface area contributed by atoms with Gasteiger partial charge in [-0.2, -0.15) is 0 Å². The predicted octanol–water partition coefficient (Wildman–Crippen LogP) is 4.46. The Kier molecular flexibility index (Phi) is 3.67. The number of hydrogen-bond acceptors (Lipinski definition) is 2. The molecule has 0 fully saturated rings. The van der Waals surface area contributed by atoms with Gasteiger partial charge in [-0.1, -0.05) is 47.5 Å². The number of carbonyl (C=O) groups excluding carboxylic acids is 2. The van der Waals surface area contributed by atoms with E-state index in [1.54, 1.807) is 18.2 Å². The van der Waals surface area contributed by atoms with E-state index in [4.69, 9.17) is 23.2 Å². The standard InChI is InChI=1S/C21H14Cl2N2O2/c22-14-7-2-8-15(23)17(14)18-16(20(26)24-21(18)27)13-10-25-9-3-5-11-4-1-6-12(13)19(11)25/h1-2,4,6-8,10H,3,5,9H2,(H,24,26,27). The van der Waals surface area contributed by atoms with Crippen molar-refractivity contribution in [2.24, 2.45) is 0 Å². The summed E-state index contributed by atoms with van der Waals surface area (Å²) >= 11 is 12.7. The number of aryl methyl sites for hydroxylation is 2. The molecule has 2 aromatic carbocycles. The highest BCUT2D eigenvalue weighted by Gasteiger charge is 2.36. The maximum atomic E-state index is 12.7. The van der Waals surface area contributed by atoms with Crippen molar-refractivity contribution in [1.82, 2.24) is 9.88 Å². The highest BCUT2D eigenvalue weighted by Crippen LogP contribution is 2.41. The first-order valence-corrected chi connectivity index (χ1v) is 9.47. The predicted molar refractivity (Wildman–Crippen MR) is 107 cm³/mol. The smallest absolute Gasteiger partial charge is 0.259 e. The Labute approximate surface area is 165 Å². The fourth-order valence-corrected chi connectivity index (χ4v) is 4.73. The summed E-state index contributed by atoms with van der Waals surface area (Å²) in [5.74, 6) is -0.897. The van der Waals surface area contributed by atoms with Gasteiger partial charge in [-0.05, 0) is 30.5 Å². The number of nitrogens with zero attached hydrogens (tertiary/aromatic N) is 1. The molecular weight excluding hydrogens is 383 g/mol. The number of carbonyl (C=O) groups is 2. The molecule has 5 rings (SSSR count). The first kappa shape index (κ1) is 16.6. The zero-order chi connectivity index (χ0) is 18.7. The first-order chi connectivity index (χ1) is 13.1. The van der Waals surface area contributed by atoms with Crippen LogP contribution in [0.2, 0.25) is 10.0 Å². The number of imide groups is 1. The molecule has 1 N–H and O–H groups in total. The van der Waals surface area contributed by atoms with E-state index >= 15 is 0 Å². The van der Waals surface area contributed by atoms with Crippen LogP contribution >= 0.6 is 23.2 Å². The molecule has 0 saturated carbocycles. The number of aromatic nitrogens is 1. The number of rotatable bonds is 2. The summed E-state index contributed by atoms with van der Waals surface area (Å²) in [5.41, 5.74) is 4.09. The summed E-state index contributed by atoms with van der Waals surface area (Å²) in [6, 6.07) is 11.1. The Morgan fingerprint density at radius 3 is 2.41 bits per heavy atom. The van der Waals surface area contributed by atoms with Gasteiger partial charge < -0.3 is 4.57 Å². The molecule has 2 aliphatic rings. The van der Waals surface area contributed by atoms with Crippen molar-refractivity contribution < 1.29 is 9.59 Å². The number of nitrogens with one attached hydrogen (secondary N) is 1. The maximum absolute atomic E-state index is 12.7. The van der Waals surface area contributed by atoms with E-state index in [-0.39, 0.29) is 5.57 Å². The average Bonchev–Trinajstić information content (AvgIpc) is 3.14. The largest absolute Gasteiger partial charge is 0.347 e. The molecule has 0 saturated heterocycles. The van der Waals surface area contributed by atoms with E-state index in [0.717, 1.165) is 35.9 Å². The number of para-hydroxylation sites is 1. The lowest BCUT2D eigenvalue weighted by molar-refractivity contribution is -0.122. The van der Waals surface area contributed by atoms with Crippen molar-refractivity contribution in [3.05, 3.63) is 69.3 Å². The van der Waals surface area contributed by atoms with Crippen LogP contribution in [0.4, 0.5) is 0 Å². The molecule has 6 heteroatoms. The fraction of sp³-hybridized carbons (Fsp3) is 0.143. The van der Waals surface area contributed by atoms with E-state index < -0.39 is 11.8 Å². The van der Waals surface area contributed by atoms with Crippen molar-refractivity contribution in [1.29, 1.82) is 0 Å². The summed E-state index contributed by atoms with van der Waals surface area (Å²) in [7, 11) is 0. The van der Waals surface area contributed by atoms with Crippen molar-refractivity contribution >= 4 is 57.1 Å². The highest BCUT2D eigenvalue weighted by molar-refractivity contribution is 6.53. The third-order valence-electron chi connectivity index (χ3n) is 5.24. The van der Waals surface area contributed by atoms with Crippen molar-refractivity contribution in [2.45, 2.75) is 19.4 Å². The Morgan fingerprint density at radius 2 is 1.63 bits per heavy atom. The van der Waals surface area contributed by atoms with Crippen LogP contribution in [0.15, 0.2) is 42.6 Å². The molecule has 3 aromatic rings. The second kappa shape index (κ2) is 5.98. The van der Waals surface area contributed by atoms with Crippen LogP contribution in [0.25, 0.3) is 22.0 Å². The minimum atomic E-state index is -0.475. The van der Waals surface area contributed by atoms with Crippen LogP contribution in [-0.2, 0) is 22.6 Å². The van der Waals surface area contributed by atoms with Crippen LogP contribution in [0.3, 0.4) is 0 Å². The zero-order valence-corrected chi connectivity index (χ0v) is 15.7. The Balaban J connectivity index is 1.87. The number of amides is 2. The number of hydrogen-bond donors (Lipinski definition) is 1. The van der Waals surface area contributed by atoms with Gasteiger partial charge >= 0.3 is 0 Å². The molecule has 134 valence electrons. The van der Waals surface area contributed by atoms with E-state index in [0.29, 0.717) is 21.2 Å². The zero-order valence-electron chi connectivity index (χ0n) is 14.2. The van der Waals surface area contributed by atoms with E-state index in [2.05, 4.69) is 16.0 Å². The Hall–Kier alpha value is -2.56. The molecule has 0 radical (unpaired) electrons. The molecule has 3 heterocycles. The van der Waals surface area contributed by atoms with Gasteiger partial charge in [0.05, 0.1) is 26.7 Å². The van der Waals surface area contributed by atoms with Crippen LogP contribution in [0.5, 0.6) is 0 Å². The third kappa shape index (κ3) is 2.37. The lowest BCUT2D eigenvalue weighted by atomic mass is 9.95. The van der Waals surface area contributed by atoms with Crippen LogP contribution < -0.4 is 5.32 Å². The van der Waals surface area contributed by atoms with Gasteiger partial charge in [-0.15, -0.1) is 0 Å². The molecule has 4 nitrogen and oxygen atoms in total. The SMILES string of the molecule is O=C1NC(=O)C(c2cn3c4c(cccc24)CCC3)=C1c1c(Cl)cccc1Cl. The molecule has 0 aliphatic carbocycles. The molecule has 0 unspecified atom stereocenters. The molecule has 2 amide bonds. The Morgan fingerprint density at radius 1 is 0.926 bits per heavy atom. The van der Waals surface area contributed by atoms with Crippen LogP contribution in [0, 0.1) is 0 Å². The molecule has 27 heavy (non-hydrogen) atoms. The Bertz CT molecular complexity index is 1170. The van der Waals surface area contributed by atoms with Gasteiger partial charge in [0, 0.05) is 29.3 Å². The van der Waals surface area contributed by atoms with Crippen molar-refractivity contribution in [3.8, 4) is 0 Å². The minimum absolute atomic E-state index is 0.235. The monoisotopic (exact) mass is 396 g/mol. The summed E-state index contributed by atoms with van der Waals surface area (Å²) in [6.07, 6.45) is 4.02. The summed E-state index contributed by atoms with van der Waals surface area (Å²) < 4.78 is 2.17. The lowest BCUT2D eigenvalue weighted by Gasteiger charge is -2.14. The van der Waals surface area contributed by atoms with E-state index in [1.807, 2.05) is 18.3 Å². The van der Waals surface area contributed by atoms with Crippen LogP contribution in [-0.4, -0.2) is 16.4 Å². The summed E-state index contributed by atoms with van der Waals surface area (Å²) in [5, 5.41) is 4.06. The molecule has 0 atom stereocenters. The molecule has 0 bridgehead atoms. The normalized spacial score (nSPS) is 16.4. The lowest BCUT2D eigenvalue weighted by Crippen LogP contribution is -2.22. The quantitative estimate of drug-likeness (QED) is 0.650. The minimum Gasteiger partial charge on any atom is -0.347 e. The molecular formula is C21H14Cl2N2O2. The topological polar surface area (TPSA) is 51.1 Å². The van der Waals surface area contributed by atoms with Gasteiger partial charge in [0.25, 0.3) is 11.8 Å². The molecule has 0 spiro atoms. The van der Waals surface area contributed by atoms with Crippen molar-refractivity contribution in [2.75, 3.05) is 0 Å². The van der Waals surface area contributed by atoms with Gasteiger partial charge in [0.2, 0.25) is 0 Å². The van der Waals surface area contributed by atoms with E-state index in [1.165, 1.54) is 5.56 Å². The number of benzene rings is 2. The summed E-state index contributed by atoms with van der Waals surface area (Å²) in [4.78, 5) is 25.4. The van der Waals surface area contributed by atoms with Gasteiger partial charge in [0.1, 0.15) is 0 Å². The first-order valence-electron chi connectivity index (χ1n) is 8.71. The number of halogens is 2. The highest BCUT2D eigenvalue weighted by atomic mass is 35.5. The maximum Gasteiger partial charge on any atom is 0.259 e. The molecule has 1 aromatic heterocycles.